The monoisotopic (exact) mass is 343 g/mol. The molecule has 1 aliphatic heterocycles. The summed E-state index contributed by atoms with van der Waals surface area (Å²) in [4.78, 5) is 14.5. The molecule has 25 heavy (non-hydrogen) atoms. The van der Waals surface area contributed by atoms with Crippen LogP contribution in [0.5, 0.6) is 5.75 Å². The molecule has 2 heterocycles. The molecule has 0 unspecified atom stereocenters. The van der Waals surface area contributed by atoms with Crippen LogP contribution in [0.1, 0.15) is 34.2 Å². The Labute approximate surface area is 148 Å². The van der Waals surface area contributed by atoms with E-state index in [0.29, 0.717) is 12.3 Å². The lowest BCUT2D eigenvalue weighted by atomic mass is 10.1. The van der Waals surface area contributed by atoms with Gasteiger partial charge in [-0.05, 0) is 38.1 Å². The maximum absolute atomic E-state index is 12.3. The van der Waals surface area contributed by atoms with Crippen molar-refractivity contribution in [2.24, 2.45) is 0 Å². The van der Waals surface area contributed by atoms with E-state index in [1.165, 1.54) is 5.56 Å². The summed E-state index contributed by atoms with van der Waals surface area (Å²) in [5.41, 5.74) is 3.87. The average molecular weight is 343 g/mol. The number of methoxy groups -OCH3 is 1. The van der Waals surface area contributed by atoms with E-state index in [2.05, 4.69) is 29.2 Å². The lowest BCUT2D eigenvalue weighted by molar-refractivity contribution is 0.0516. The van der Waals surface area contributed by atoms with Gasteiger partial charge in [-0.15, -0.1) is 0 Å². The SMILES string of the molecule is CCOC(=O)c1nn(CCc2ccc(OC)cc2)c2c1CN(C)CC2. The first-order valence-corrected chi connectivity index (χ1v) is 8.69. The number of carbonyl (C=O) groups is 1. The highest BCUT2D eigenvalue weighted by Crippen LogP contribution is 2.23. The molecular formula is C19H25N3O3. The second-order valence-corrected chi connectivity index (χ2v) is 6.30. The number of nitrogens with zero attached hydrogens (tertiary/aromatic N) is 3. The van der Waals surface area contributed by atoms with Crippen molar-refractivity contribution in [2.75, 3.05) is 27.3 Å². The normalized spacial score (nSPS) is 14.2. The third kappa shape index (κ3) is 3.85. The topological polar surface area (TPSA) is 56.6 Å². The lowest BCUT2D eigenvalue weighted by Crippen LogP contribution is -2.28. The summed E-state index contributed by atoms with van der Waals surface area (Å²) in [6, 6.07) is 8.06. The molecule has 1 aromatic carbocycles. The highest BCUT2D eigenvalue weighted by atomic mass is 16.5. The Morgan fingerprint density at radius 2 is 2.04 bits per heavy atom. The number of carbonyl (C=O) groups excluding carboxylic acids is 1. The van der Waals surface area contributed by atoms with Gasteiger partial charge in [-0.3, -0.25) is 4.68 Å². The second-order valence-electron chi connectivity index (χ2n) is 6.30. The van der Waals surface area contributed by atoms with Crippen molar-refractivity contribution in [3.63, 3.8) is 0 Å². The highest BCUT2D eigenvalue weighted by molar-refractivity contribution is 5.89. The number of hydrogen-bond donors (Lipinski definition) is 0. The number of aromatic nitrogens is 2. The predicted molar refractivity (Wildman–Crippen MR) is 94.9 cm³/mol. The van der Waals surface area contributed by atoms with Gasteiger partial charge in [0.25, 0.3) is 0 Å². The molecule has 0 spiro atoms. The van der Waals surface area contributed by atoms with Crippen molar-refractivity contribution in [2.45, 2.75) is 32.9 Å². The maximum atomic E-state index is 12.3. The fourth-order valence-electron chi connectivity index (χ4n) is 3.20. The van der Waals surface area contributed by atoms with E-state index in [1.54, 1.807) is 7.11 Å². The first kappa shape index (κ1) is 17.5. The fourth-order valence-corrected chi connectivity index (χ4v) is 3.20. The van der Waals surface area contributed by atoms with Crippen LogP contribution in [0.25, 0.3) is 0 Å². The smallest absolute Gasteiger partial charge is 0.359 e. The summed E-state index contributed by atoms with van der Waals surface area (Å²) in [6.07, 6.45) is 1.76. The van der Waals surface area contributed by atoms with Crippen LogP contribution in [0.15, 0.2) is 24.3 Å². The van der Waals surface area contributed by atoms with Gasteiger partial charge in [0.05, 0.1) is 13.7 Å². The number of fused-ring (bicyclic) bond motifs is 1. The number of esters is 1. The molecule has 3 rings (SSSR count). The van der Waals surface area contributed by atoms with E-state index >= 15 is 0 Å². The van der Waals surface area contributed by atoms with E-state index in [9.17, 15) is 4.79 Å². The molecule has 0 saturated carbocycles. The van der Waals surface area contributed by atoms with Crippen LogP contribution in [-0.2, 0) is 30.7 Å². The molecule has 6 nitrogen and oxygen atoms in total. The summed E-state index contributed by atoms with van der Waals surface area (Å²) in [5.74, 6) is 0.533. The molecule has 0 amide bonds. The molecule has 134 valence electrons. The quantitative estimate of drug-likeness (QED) is 0.753. The molecule has 0 atom stereocenters. The number of ether oxygens (including phenoxy) is 2. The van der Waals surface area contributed by atoms with Crippen LogP contribution >= 0.6 is 0 Å². The summed E-state index contributed by atoms with van der Waals surface area (Å²) in [5, 5.41) is 4.58. The van der Waals surface area contributed by atoms with E-state index in [-0.39, 0.29) is 5.97 Å². The number of likely N-dealkylation sites (N-methyl/N-ethyl adjacent to an activating group) is 1. The van der Waals surface area contributed by atoms with Crippen LogP contribution in [0.2, 0.25) is 0 Å². The van der Waals surface area contributed by atoms with E-state index < -0.39 is 0 Å². The lowest BCUT2D eigenvalue weighted by Gasteiger charge is -2.23. The largest absolute Gasteiger partial charge is 0.497 e. The Morgan fingerprint density at radius 3 is 2.72 bits per heavy atom. The minimum absolute atomic E-state index is 0.322. The average Bonchev–Trinajstić information content (AvgIpc) is 2.98. The van der Waals surface area contributed by atoms with Gasteiger partial charge in [0.15, 0.2) is 5.69 Å². The molecule has 0 N–H and O–H groups in total. The number of rotatable bonds is 6. The Kier molecular flexibility index (Phi) is 5.38. The van der Waals surface area contributed by atoms with Gasteiger partial charge in [-0.25, -0.2) is 4.79 Å². The van der Waals surface area contributed by atoms with Gasteiger partial charge in [0, 0.05) is 37.3 Å². The molecule has 0 radical (unpaired) electrons. The Morgan fingerprint density at radius 1 is 1.28 bits per heavy atom. The van der Waals surface area contributed by atoms with Crippen molar-refractivity contribution in [3.8, 4) is 5.75 Å². The van der Waals surface area contributed by atoms with E-state index in [4.69, 9.17) is 9.47 Å². The zero-order valence-electron chi connectivity index (χ0n) is 15.1. The molecule has 1 aliphatic rings. The van der Waals surface area contributed by atoms with Crippen molar-refractivity contribution in [1.82, 2.24) is 14.7 Å². The van der Waals surface area contributed by atoms with Gasteiger partial charge in [0.2, 0.25) is 0 Å². The third-order valence-electron chi connectivity index (χ3n) is 4.56. The van der Waals surface area contributed by atoms with Crippen LogP contribution in [-0.4, -0.2) is 48.0 Å². The zero-order chi connectivity index (χ0) is 17.8. The molecular weight excluding hydrogens is 318 g/mol. The van der Waals surface area contributed by atoms with Gasteiger partial charge < -0.3 is 14.4 Å². The van der Waals surface area contributed by atoms with Crippen molar-refractivity contribution >= 4 is 5.97 Å². The van der Waals surface area contributed by atoms with Crippen molar-refractivity contribution in [1.29, 1.82) is 0 Å². The molecule has 0 saturated heterocycles. The Hall–Kier alpha value is -2.34. The summed E-state index contributed by atoms with van der Waals surface area (Å²) >= 11 is 0. The van der Waals surface area contributed by atoms with Gasteiger partial charge in [-0.2, -0.15) is 5.10 Å². The molecule has 6 heteroatoms. The first-order valence-electron chi connectivity index (χ1n) is 8.69. The summed E-state index contributed by atoms with van der Waals surface area (Å²) in [7, 11) is 3.73. The Bertz CT molecular complexity index is 737. The molecule has 0 fully saturated rings. The van der Waals surface area contributed by atoms with Gasteiger partial charge >= 0.3 is 5.97 Å². The van der Waals surface area contributed by atoms with E-state index in [0.717, 1.165) is 49.5 Å². The van der Waals surface area contributed by atoms with Crippen LogP contribution in [0.3, 0.4) is 0 Å². The van der Waals surface area contributed by atoms with Crippen molar-refractivity contribution in [3.05, 3.63) is 46.8 Å². The highest BCUT2D eigenvalue weighted by Gasteiger charge is 2.27. The third-order valence-corrected chi connectivity index (χ3v) is 4.56. The summed E-state index contributed by atoms with van der Waals surface area (Å²) in [6.45, 7) is 4.65. The van der Waals surface area contributed by atoms with E-state index in [1.807, 2.05) is 23.7 Å². The van der Waals surface area contributed by atoms with Gasteiger partial charge in [-0.1, -0.05) is 12.1 Å². The molecule has 0 aliphatic carbocycles. The number of benzene rings is 1. The molecule has 2 aromatic rings. The number of aryl methyl sites for hydroxylation is 2. The fraction of sp³-hybridized carbons (Fsp3) is 0.474. The molecule has 1 aromatic heterocycles. The number of hydrogen-bond acceptors (Lipinski definition) is 5. The zero-order valence-corrected chi connectivity index (χ0v) is 15.1. The maximum Gasteiger partial charge on any atom is 0.359 e. The minimum Gasteiger partial charge on any atom is -0.497 e. The standard InChI is InChI=1S/C19H25N3O3/c1-4-25-19(23)18-16-13-21(2)11-10-17(16)22(20-18)12-9-14-5-7-15(24-3)8-6-14/h5-8H,4,9-13H2,1-3H3. The van der Waals surface area contributed by atoms with Crippen LogP contribution in [0, 0.1) is 0 Å². The van der Waals surface area contributed by atoms with Crippen molar-refractivity contribution < 1.29 is 14.3 Å². The minimum atomic E-state index is -0.322. The first-order chi connectivity index (χ1) is 12.1. The van der Waals surface area contributed by atoms with Gasteiger partial charge in [0.1, 0.15) is 5.75 Å². The summed E-state index contributed by atoms with van der Waals surface area (Å²) < 4.78 is 12.4. The van der Waals surface area contributed by atoms with Crippen LogP contribution in [0.4, 0.5) is 0 Å². The predicted octanol–water partition coefficient (Wildman–Crippen LogP) is 2.30. The second kappa shape index (κ2) is 7.70. The van der Waals surface area contributed by atoms with Crippen LogP contribution < -0.4 is 4.74 Å². The molecule has 0 bridgehead atoms. The Balaban J connectivity index is 1.80.